The minimum atomic E-state index is -0.579. The first-order valence-electron chi connectivity index (χ1n) is 4.07. The molecule has 0 amide bonds. The van der Waals surface area contributed by atoms with Crippen LogP contribution in [-0.4, -0.2) is 10.8 Å². The molecule has 0 spiro atoms. The van der Waals surface area contributed by atoms with E-state index >= 15 is 0 Å². The zero-order valence-corrected chi connectivity index (χ0v) is 8.40. The second-order valence-electron chi connectivity index (χ2n) is 2.60. The van der Waals surface area contributed by atoms with Gasteiger partial charge in [0.2, 0.25) is 6.20 Å². The Bertz CT molecular complexity index is 437. The molecule has 0 bridgehead atoms. The molecule has 0 radical (unpaired) electrons. The fraction of sp³-hybridized carbons (Fsp3) is 0.222. The summed E-state index contributed by atoms with van der Waals surface area (Å²) in [6.45, 7) is 0. The molecule has 6 heteroatoms. The van der Waals surface area contributed by atoms with E-state index in [1.54, 1.807) is 0 Å². The molecule has 78 valence electrons. The van der Waals surface area contributed by atoms with Crippen LogP contribution in [-0.2, 0) is 0 Å². The summed E-state index contributed by atoms with van der Waals surface area (Å²) >= 11 is 5.40. The van der Waals surface area contributed by atoms with E-state index in [-0.39, 0.29) is 11.3 Å². The van der Waals surface area contributed by atoms with Gasteiger partial charge in [0, 0.05) is 12.3 Å². The van der Waals surface area contributed by atoms with Crippen molar-refractivity contribution in [1.82, 2.24) is 0 Å². The van der Waals surface area contributed by atoms with Crippen LogP contribution in [0.4, 0.5) is 5.69 Å². The summed E-state index contributed by atoms with van der Waals surface area (Å²) in [5, 5.41) is 21.5. The minimum absolute atomic E-state index is 0.0996. The first-order chi connectivity index (χ1) is 7.15. The Labute approximate surface area is 91.0 Å². The third-order valence-corrected chi connectivity index (χ3v) is 1.74. The molecule has 0 unspecified atom stereocenters. The van der Waals surface area contributed by atoms with Gasteiger partial charge in [0.1, 0.15) is 0 Å². The lowest BCUT2D eigenvalue weighted by molar-refractivity contribution is -0.606. The third-order valence-electron chi connectivity index (χ3n) is 1.55. The van der Waals surface area contributed by atoms with Crippen LogP contribution in [0.5, 0.6) is 0 Å². The monoisotopic (exact) mass is 226 g/mol. The van der Waals surface area contributed by atoms with E-state index in [0.717, 1.165) is 18.5 Å². The number of hydrogen-bond donors (Lipinski definition) is 0. The van der Waals surface area contributed by atoms with Crippen molar-refractivity contribution < 1.29 is 9.65 Å². The molecule has 0 aliphatic carbocycles. The number of rotatable bonds is 2. The summed E-state index contributed by atoms with van der Waals surface area (Å²) in [6, 6.07) is 1.12. The van der Waals surface area contributed by atoms with E-state index in [9.17, 15) is 15.3 Å². The van der Waals surface area contributed by atoms with E-state index < -0.39 is 4.92 Å². The van der Waals surface area contributed by atoms with Crippen molar-refractivity contribution in [3.05, 3.63) is 39.3 Å². The molecule has 0 fully saturated rings. The summed E-state index contributed by atoms with van der Waals surface area (Å²) in [7, 11) is 0. The van der Waals surface area contributed by atoms with Gasteiger partial charge in [0.15, 0.2) is 11.8 Å². The number of pyridine rings is 1. The van der Waals surface area contributed by atoms with Crippen molar-refractivity contribution >= 4 is 17.3 Å². The summed E-state index contributed by atoms with van der Waals surface area (Å²) in [6.07, 6.45) is 2.55. The first kappa shape index (κ1) is 11.3. The molecule has 15 heavy (non-hydrogen) atoms. The molecule has 1 aromatic rings. The van der Waals surface area contributed by atoms with Crippen LogP contribution in [0.1, 0.15) is 12.0 Å². The molecule has 0 aliphatic heterocycles. The van der Waals surface area contributed by atoms with Crippen molar-refractivity contribution in [3.63, 3.8) is 0 Å². The fourth-order valence-corrected chi connectivity index (χ4v) is 1.03. The predicted molar refractivity (Wildman–Crippen MR) is 54.3 cm³/mol. The maximum absolute atomic E-state index is 10.9. The maximum atomic E-state index is 10.9. The Balaban J connectivity index is 3.09. The van der Waals surface area contributed by atoms with Gasteiger partial charge in [-0.2, -0.15) is 4.73 Å². The lowest BCUT2D eigenvalue weighted by atomic mass is 10.2. The number of nitro groups is 1. The molecule has 1 aromatic heterocycles. The largest absolute Gasteiger partial charge is 0.619 e. The van der Waals surface area contributed by atoms with Crippen molar-refractivity contribution in [3.8, 4) is 11.8 Å². The molecule has 1 rings (SSSR count). The normalized spacial score (nSPS) is 9.13. The number of nitrogens with zero attached hydrogens (tertiary/aromatic N) is 2. The number of hydrogen-bond acceptors (Lipinski definition) is 3. The molecule has 0 atom stereocenters. The van der Waals surface area contributed by atoms with E-state index in [2.05, 4.69) is 11.8 Å². The summed E-state index contributed by atoms with van der Waals surface area (Å²) in [4.78, 5) is 9.99. The third kappa shape index (κ3) is 3.11. The maximum Gasteiger partial charge on any atom is 0.297 e. The van der Waals surface area contributed by atoms with Gasteiger partial charge in [0.05, 0.1) is 11.0 Å². The highest BCUT2D eigenvalue weighted by Gasteiger charge is 2.14. The second-order valence-corrected chi connectivity index (χ2v) is 2.98. The van der Waals surface area contributed by atoms with E-state index in [4.69, 9.17) is 11.6 Å². The van der Waals surface area contributed by atoms with Crippen LogP contribution in [0, 0.1) is 27.2 Å². The highest BCUT2D eigenvalue weighted by Crippen LogP contribution is 2.13. The number of aromatic nitrogens is 1. The zero-order valence-electron chi connectivity index (χ0n) is 7.64. The van der Waals surface area contributed by atoms with E-state index in [0.29, 0.717) is 17.0 Å². The SMILES string of the molecule is O=[N+]([O-])c1cc[n+]([O-])cc1C#CCCCl. The second kappa shape index (κ2) is 5.17. The van der Waals surface area contributed by atoms with Gasteiger partial charge in [-0.25, -0.2) is 0 Å². The summed E-state index contributed by atoms with van der Waals surface area (Å²) in [5.74, 6) is 5.53. The van der Waals surface area contributed by atoms with Crippen molar-refractivity contribution in [2.45, 2.75) is 6.42 Å². The molecule has 0 aliphatic rings. The highest BCUT2D eigenvalue weighted by atomic mass is 35.5. The van der Waals surface area contributed by atoms with Gasteiger partial charge in [-0.3, -0.25) is 10.1 Å². The number of alkyl halides is 1. The molecular weight excluding hydrogens is 220 g/mol. The lowest BCUT2D eigenvalue weighted by Gasteiger charge is -1.96. The van der Waals surface area contributed by atoms with Crippen LogP contribution >= 0.6 is 11.6 Å². The topological polar surface area (TPSA) is 70.1 Å². The minimum Gasteiger partial charge on any atom is -0.619 e. The predicted octanol–water partition coefficient (Wildman–Crippen LogP) is 1.21. The fourth-order valence-electron chi connectivity index (χ4n) is 0.931. The molecule has 5 nitrogen and oxygen atoms in total. The van der Waals surface area contributed by atoms with Gasteiger partial charge < -0.3 is 5.21 Å². The number of halogens is 1. The van der Waals surface area contributed by atoms with Gasteiger partial charge in [-0.05, 0) is 0 Å². The Hall–Kier alpha value is -1.80. The van der Waals surface area contributed by atoms with Gasteiger partial charge in [-0.15, -0.1) is 11.6 Å². The highest BCUT2D eigenvalue weighted by molar-refractivity contribution is 6.18. The Morgan fingerprint density at radius 2 is 2.33 bits per heavy atom. The van der Waals surface area contributed by atoms with E-state index in [1.807, 2.05) is 0 Å². The van der Waals surface area contributed by atoms with Crippen LogP contribution in [0.2, 0.25) is 0 Å². The van der Waals surface area contributed by atoms with Crippen molar-refractivity contribution in [1.29, 1.82) is 0 Å². The zero-order chi connectivity index (χ0) is 11.3. The smallest absolute Gasteiger partial charge is 0.297 e. The standard InChI is InChI=1S/C9H7ClN2O3/c10-5-2-1-3-8-7-11(13)6-4-9(8)12(14)15/h4,6-7H,2,5H2. The van der Waals surface area contributed by atoms with Crippen molar-refractivity contribution in [2.75, 3.05) is 5.88 Å². The molecule has 1 heterocycles. The molecule has 0 aromatic carbocycles. The molecule has 0 saturated heterocycles. The quantitative estimate of drug-likeness (QED) is 0.190. The van der Waals surface area contributed by atoms with Crippen LogP contribution in [0.3, 0.4) is 0 Å². The lowest BCUT2D eigenvalue weighted by Crippen LogP contribution is -2.25. The van der Waals surface area contributed by atoms with Crippen LogP contribution in [0.25, 0.3) is 0 Å². The average molecular weight is 227 g/mol. The van der Waals surface area contributed by atoms with Crippen LogP contribution < -0.4 is 4.73 Å². The summed E-state index contributed by atoms with van der Waals surface area (Å²) < 4.78 is 0.470. The molecule has 0 N–H and O–H groups in total. The average Bonchev–Trinajstić information content (AvgIpc) is 2.18. The first-order valence-corrected chi connectivity index (χ1v) is 4.60. The van der Waals surface area contributed by atoms with Gasteiger partial charge in [-0.1, -0.05) is 11.8 Å². The van der Waals surface area contributed by atoms with Crippen molar-refractivity contribution in [2.24, 2.45) is 0 Å². The summed E-state index contributed by atoms with van der Waals surface area (Å²) in [5.41, 5.74) is -0.0770. The Kier molecular flexibility index (Phi) is 3.89. The Morgan fingerprint density at radius 3 is 2.93 bits per heavy atom. The molecule has 0 saturated carbocycles. The Morgan fingerprint density at radius 1 is 1.60 bits per heavy atom. The van der Waals surface area contributed by atoms with Crippen LogP contribution in [0.15, 0.2) is 18.5 Å². The molecular formula is C9H7ClN2O3. The van der Waals surface area contributed by atoms with Gasteiger partial charge >= 0.3 is 0 Å². The van der Waals surface area contributed by atoms with Gasteiger partial charge in [0.25, 0.3) is 5.69 Å². The van der Waals surface area contributed by atoms with E-state index in [1.165, 1.54) is 0 Å².